The third-order valence-corrected chi connectivity index (χ3v) is 3.47. The molecule has 0 amide bonds. The molecule has 64 valence electrons. The molecule has 3 atom stereocenters. The van der Waals surface area contributed by atoms with Crippen molar-refractivity contribution in [2.24, 2.45) is 11.8 Å². The molecule has 1 aliphatic carbocycles. The van der Waals surface area contributed by atoms with Gasteiger partial charge in [-0.2, -0.15) is 0 Å². The van der Waals surface area contributed by atoms with Crippen LogP contribution in [0.4, 0.5) is 0 Å². The topological polar surface area (TPSA) is 9.23 Å². The second-order valence-corrected chi connectivity index (χ2v) is 3.66. The van der Waals surface area contributed by atoms with Crippen molar-refractivity contribution in [3.8, 4) is 0 Å². The Kier molecular flexibility index (Phi) is 2.31. The van der Waals surface area contributed by atoms with Crippen molar-refractivity contribution in [2.75, 3.05) is 0 Å². The van der Waals surface area contributed by atoms with Gasteiger partial charge in [-0.15, -0.1) is 0 Å². The molecule has 1 aliphatic rings. The molecule has 11 heavy (non-hydrogen) atoms. The van der Waals surface area contributed by atoms with Gasteiger partial charge in [0, 0.05) is 0 Å². The summed E-state index contributed by atoms with van der Waals surface area (Å²) >= 11 is 5.44. The molecule has 0 heterocycles. The van der Waals surface area contributed by atoms with Crippen molar-refractivity contribution in [3.05, 3.63) is 11.6 Å². The smallest absolute Gasteiger partial charge is 0.111 e. The summed E-state index contributed by atoms with van der Waals surface area (Å²) in [6.45, 7) is 8.45. The van der Waals surface area contributed by atoms with Gasteiger partial charge >= 0.3 is 0 Å². The van der Waals surface area contributed by atoms with Crippen LogP contribution >= 0.6 is 11.9 Å². The van der Waals surface area contributed by atoms with E-state index in [1.165, 1.54) is 5.57 Å². The van der Waals surface area contributed by atoms with E-state index in [1.807, 2.05) is 13.8 Å². The molecule has 0 bridgehead atoms. The lowest BCUT2D eigenvalue weighted by molar-refractivity contribution is -0.0129. The molecule has 0 aromatic carbocycles. The predicted molar refractivity (Wildman–Crippen MR) is 47.4 cm³/mol. The zero-order valence-electron chi connectivity index (χ0n) is 7.52. The van der Waals surface area contributed by atoms with Crippen molar-refractivity contribution in [1.82, 2.24) is 0 Å². The number of halogens is 1. The van der Waals surface area contributed by atoms with E-state index in [0.29, 0.717) is 11.8 Å². The Hall–Kier alpha value is -0.0100. The Bertz CT molecular complexity index is 188. The molecule has 0 N–H and O–H groups in total. The van der Waals surface area contributed by atoms with E-state index in [9.17, 15) is 0 Å². The average molecular weight is 175 g/mol. The molecule has 0 aromatic rings. The van der Waals surface area contributed by atoms with Crippen LogP contribution in [0.1, 0.15) is 27.7 Å². The first-order valence-electron chi connectivity index (χ1n) is 4.04. The maximum Gasteiger partial charge on any atom is 0.111 e. The quantitative estimate of drug-likeness (QED) is 0.555. The van der Waals surface area contributed by atoms with Gasteiger partial charge in [0.2, 0.25) is 0 Å². The Morgan fingerprint density at radius 3 is 2.36 bits per heavy atom. The highest BCUT2D eigenvalue weighted by atomic mass is 35.5. The molecule has 1 rings (SSSR count). The second kappa shape index (κ2) is 2.80. The van der Waals surface area contributed by atoms with Crippen molar-refractivity contribution in [2.45, 2.75) is 33.3 Å². The van der Waals surface area contributed by atoms with E-state index in [1.54, 1.807) is 0 Å². The van der Waals surface area contributed by atoms with Crippen LogP contribution in [0.2, 0.25) is 0 Å². The number of allylic oxidation sites excluding steroid dienone is 1. The fourth-order valence-corrected chi connectivity index (χ4v) is 2.26. The minimum Gasteiger partial charge on any atom is -0.268 e. The second-order valence-electron chi connectivity index (χ2n) is 3.51. The summed E-state index contributed by atoms with van der Waals surface area (Å²) in [6, 6.07) is 0. The normalized spacial score (nSPS) is 47.5. The van der Waals surface area contributed by atoms with Gasteiger partial charge in [-0.05, 0) is 31.3 Å². The Balaban J connectivity index is 2.84. The monoisotopic (exact) mass is 174 g/mol. The molecule has 2 heteroatoms. The van der Waals surface area contributed by atoms with Gasteiger partial charge in [-0.1, -0.05) is 19.9 Å². The lowest BCUT2D eigenvalue weighted by atomic mass is 9.60. The largest absolute Gasteiger partial charge is 0.268 e. The summed E-state index contributed by atoms with van der Waals surface area (Å²) in [6.07, 6.45) is 2.10. The van der Waals surface area contributed by atoms with Crippen molar-refractivity contribution in [3.63, 3.8) is 0 Å². The van der Waals surface area contributed by atoms with Crippen molar-refractivity contribution >= 4 is 11.9 Å². The fourth-order valence-electron chi connectivity index (χ4n) is 2.03. The summed E-state index contributed by atoms with van der Waals surface area (Å²) in [5.41, 5.74) is 1.11. The van der Waals surface area contributed by atoms with Crippen LogP contribution in [0, 0.1) is 11.8 Å². The lowest BCUT2D eigenvalue weighted by Gasteiger charge is -2.50. The highest BCUT2D eigenvalue weighted by molar-refractivity contribution is 6.07. The molecule has 0 saturated heterocycles. The molecule has 2 unspecified atom stereocenters. The highest BCUT2D eigenvalue weighted by Gasteiger charge is 2.51. The zero-order chi connectivity index (χ0) is 8.65. The molecular weight excluding hydrogens is 160 g/mol. The fraction of sp³-hybridized carbons (Fsp3) is 0.778. The number of rotatable bonds is 1. The molecule has 1 fully saturated rings. The third-order valence-electron chi connectivity index (χ3n) is 3.15. The summed E-state index contributed by atoms with van der Waals surface area (Å²) in [5, 5.41) is 0. The van der Waals surface area contributed by atoms with Crippen molar-refractivity contribution in [1.29, 1.82) is 0 Å². The summed E-state index contributed by atoms with van der Waals surface area (Å²) < 4.78 is 4.96. The van der Waals surface area contributed by atoms with Crippen LogP contribution in [0.15, 0.2) is 11.6 Å². The van der Waals surface area contributed by atoms with Crippen LogP contribution in [0.25, 0.3) is 0 Å². The predicted octanol–water partition coefficient (Wildman–Crippen LogP) is 3.15. The first-order valence-corrected chi connectivity index (χ1v) is 4.35. The van der Waals surface area contributed by atoms with Gasteiger partial charge < -0.3 is 0 Å². The van der Waals surface area contributed by atoms with E-state index in [4.69, 9.17) is 16.2 Å². The maximum atomic E-state index is 5.44. The summed E-state index contributed by atoms with van der Waals surface area (Å²) in [7, 11) is 0. The Morgan fingerprint density at radius 1 is 1.55 bits per heavy atom. The standard InChI is InChI=1S/C9H15ClO/c1-5-8-6(2)7(3)9(8,4)11-10/h5-7H,1-4H3/b8-5+/t6?,7?,9-/m0/s1. The summed E-state index contributed by atoms with van der Waals surface area (Å²) in [4.78, 5) is 0. The van der Waals surface area contributed by atoms with Gasteiger partial charge in [0.1, 0.15) is 5.60 Å². The third kappa shape index (κ3) is 1.02. The van der Waals surface area contributed by atoms with Crippen molar-refractivity contribution < 1.29 is 4.29 Å². The minimum absolute atomic E-state index is 0.213. The molecular formula is C9H15ClO. The first kappa shape index (κ1) is 9.08. The Labute approximate surface area is 73.6 Å². The molecule has 0 aliphatic heterocycles. The molecule has 0 radical (unpaired) electrons. The highest BCUT2D eigenvalue weighted by Crippen LogP contribution is 2.51. The van der Waals surface area contributed by atoms with E-state index in [2.05, 4.69) is 19.9 Å². The lowest BCUT2D eigenvalue weighted by Crippen LogP contribution is -2.52. The van der Waals surface area contributed by atoms with Gasteiger partial charge in [-0.3, -0.25) is 4.29 Å². The van der Waals surface area contributed by atoms with E-state index in [0.717, 1.165) is 0 Å². The number of hydrogen-bond acceptors (Lipinski definition) is 1. The van der Waals surface area contributed by atoms with Gasteiger partial charge in [0.15, 0.2) is 0 Å². The maximum absolute atomic E-state index is 5.44. The molecule has 1 nitrogen and oxygen atoms in total. The van der Waals surface area contributed by atoms with Crippen LogP contribution in [0.3, 0.4) is 0 Å². The zero-order valence-corrected chi connectivity index (χ0v) is 8.27. The van der Waals surface area contributed by atoms with Gasteiger partial charge in [0.25, 0.3) is 0 Å². The first-order chi connectivity index (χ1) is 5.07. The SMILES string of the molecule is C/C=C1\C(C)C(C)[C@]1(C)OCl. The number of hydrogen-bond donors (Lipinski definition) is 0. The molecule has 0 spiro atoms. The average Bonchev–Trinajstić information content (AvgIpc) is 2.04. The van der Waals surface area contributed by atoms with E-state index < -0.39 is 0 Å². The van der Waals surface area contributed by atoms with Crippen LogP contribution in [0.5, 0.6) is 0 Å². The van der Waals surface area contributed by atoms with Crippen LogP contribution < -0.4 is 0 Å². The summed E-state index contributed by atoms with van der Waals surface area (Å²) in [5.74, 6) is 1.13. The van der Waals surface area contributed by atoms with E-state index in [-0.39, 0.29) is 5.60 Å². The van der Waals surface area contributed by atoms with Crippen LogP contribution in [-0.2, 0) is 4.29 Å². The van der Waals surface area contributed by atoms with Crippen LogP contribution in [-0.4, -0.2) is 5.60 Å². The van der Waals surface area contributed by atoms with Gasteiger partial charge in [-0.25, -0.2) is 0 Å². The Morgan fingerprint density at radius 2 is 2.09 bits per heavy atom. The van der Waals surface area contributed by atoms with Gasteiger partial charge in [0.05, 0.1) is 11.9 Å². The molecule has 1 saturated carbocycles. The van der Waals surface area contributed by atoms with E-state index >= 15 is 0 Å². The minimum atomic E-state index is -0.213. The molecule has 0 aromatic heterocycles.